The van der Waals surface area contributed by atoms with E-state index in [-0.39, 0.29) is 77.6 Å². The normalized spacial score (nSPS) is 20.3. The Kier molecular flexibility index (Phi) is 13.6. The van der Waals surface area contributed by atoms with E-state index in [2.05, 4.69) is 15.5 Å². The summed E-state index contributed by atoms with van der Waals surface area (Å²) < 4.78 is 31.4. The minimum atomic E-state index is -0.789. The van der Waals surface area contributed by atoms with E-state index in [0.29, 0.717) is 86.1 Å². The number of carbonyl (C=O) groups is 5. The largest absolute Gasteiger partial charge is 0.342 e. The molecule has 2 saturated carbocycles. The Labute approximate surface area is 383 Å². The number of carbonyl (C=O) groups excluding carboxylic acids is 5. The van der Waals surface area contributed by atoms with Gasteiger partial charge in [-0.05, 0) is 98.6 Å². The van der Waals surface area contributed by atoms with E-state index >= 15 is 8.78 Å². The molecule has 0 radical (unpaired) electrons. The monoisotopic (exact) mass is 903 g/mol. The van der Waals surface area contributed by atoms with Gasteiger partial charge in [-0.15, -0.1) is 0 Å². The van der Waals surface area contributed by atoms with Crippen LogP contribution in [-0.2, 0) is 20.8 Å². The van der Waals surface area contributed by atoms with Crippen molar-refractivity contribution in [3.8, 4) is 0 Å². The molecule has 5 amide bonds. The van der Waals surface area contributed by atoms with Gasteiger partial charge >= 0.3 is 0 Å². The summed E-state index contributed by atoms with van der Waals surface area (Å²) in [4.78, 5) is 87.5. The highest BCUT2D eigenvalue weighted by molar-refractivity contribution is 5.98. The van der Waals surface area contributed by atoms with Crippen LogP contribution in [0.5, 0.6) is 0 Å². The van der Waals surface area contributed by atoms with Crippen molar-refractivity contribution in [3.63, 3.8) is 0 Å². The second-order valence-corrected chi connectivity index (χ2v) is 19.1. The van der Waals surface area contributed by atoms with Crippen LogP contribution in [-0.4, -0.2) is 118 Å². The third-order valence-electron chi connectivity index (χ3n) is 14.8. The zero-order chi connectivity index (χ0) is 45.9. The zero-order valence-corrected chi connectivity index (χ0v) is 37.5. The first kappa shape index (κ1) is 45.2. The van der Waals surface area contributed by atoms with Gasteiger partial charge in [0.05, 0.1) is 22.2 Å². The number of hydrogen-bond donors (Lipinski definition) is 2. The molecule has 2 atom stereocenters. The van der Waals surface area contributed by atoms with Crippen LogP contribution in [0, 0.1) is 29.4 Å². The molecule has 1 unspecified atom stereocenters. The molecule has 3 aromatic carbocycles. The Morgan fingerprint density at radius 2 is 1.44 bits per heavy atom. The Morgan fingerprint density at radius 3 is 2.18 bits per heavy atom. The molecule has 0 spiro atoms. The predicted octanol–water partition coefficient (Wildman–Crippen LogP) is 6.20. The van der Waals surface area contributed by atoms with Crippen molar-refractivity contribution in [1.82, 2.24) is 35.1 Å². The van der Waals surface area contributed by atoms with Crippen LogP contribution in [0.25, 0.3) is 10.8 Å². The molecule has 13 nitrogen and oxygen atoms in total. The summed E-state index contributed by atoms with van der Waals surface area (Å²) in [7, 11) is 0. The van der Waals surface area contributed by atoms with Crippen molar-refractivity contribution in [1.29, 1.82) is 0 Å². The van der Waals surface area contributed by atoms with Gasteiger partial charge < -0.3 is 24.9 Å². The van der Waals surface area contributed by atoms with E-state index in [9.17, 15) is 28.8 Å². The number of halogens is 2. The van der Waals surface area contributed by atoms with Crippen LogP contribution in [0.4, 0.5) is 8.78 Å². The molecule has 3 saturated heterocycles. The minimum Gasteiger partial charge on any atom is -0.342 e. The van der Waals surface area contributed by atoms with Crippen molar-refractivity contribution >= 4 is 40.3 Å². The summed E-state index contributed by atoms with van der Waals surface area (Å²) in [5, 5.41) is 10.9. The summed E-state index contributed by atoms with van der Waals surface area (Å²) in [6, 6.07) is 15.6. The average molecular weight is 904 g/mol. The molecule has 66 heavy (non-hydrogen) atoms. The van der Waals surface area contributed by atoms with Gasteiger partial charge in [0.15, 0.2) is 0 Å². The van der Waals surface area contributed by atoms with Crippen LogP contribution in [0.3, 0.4) is 0 Å². The number of rotatable bonds is 11. The number of amides is 5. The third kappa shape index (κ3) is 9.90. The molecule has 5 fully saturated rings. The highest BCUT2D eigenvalue weighted by atomic mass is 19.1. The quantitative estimate of drug-likeness (QED) is 0.182. The summed E-state index contributed by atoms with van der Waals surface area (Å²) in [6.07, 6.45) is 9.76. The maximum atomic E-state index is 16.3. The highest BCUT2D eigenvalue weighted by Gasteiger charge is 2.39. The van der Waals surface area contributed by atoms with E-state index in [4.69, 9.17) is 0 Å². The standard InChI is InChI=1S/C51H59F2N7O6/c52-42-18-15-33(29-43-38-11-4-5-12-39(38)48(63)56-55-43)28-41(42)50(65)59-26-24-57(25-27-59)44(61)30-32-19-22-58(23-20-32)51(66)46(34-8-2-1-3-9-34)54-47(62)40-14-6-13-37(45(40)53)36-10-7-21-60(31-36)49(64)35-16-17-35/h4-6,11-15,18,28,32,34-36,46H,1-3,7-10,16-17,19-27,29-31H2,(H,54,62)(H,56,63)/t36?,46-/m1/s1. The maximum absolute atomic E-state index is 16.3. The van der Waals surface area contributed by atoms with Gasteiger partial charge in [0.2, 0.25) is 17.7 Å². The van der Waals surface area contributed by atoms with Crippen molar-refractivity contribution in [3.05, 3.63) is 111 Å². The second kappa shape index (κ2) is 19.9. The lowest BCUT2D eigenvalue weighted by Crippen LogP contribution is -2.54. The van der Waals surface area contributed by atoms with Crippen molar-refractivity contribution < 1.29 is 32.8 Å². The van der Waals surface area contributed by atoms with Crippen LogP contribution in [0.1, 0.15) is 121 Å². The number of piperidine rings is 2. The average Bonchev–Trinajstić information content (AvgIpc) is 4.21. The fourth-order valence-corrected chi connectivity index (χ4v) is 10.7. The van der Waals surface area contributed by atoms with Crippen LogP contribution in [0.2, 0.25) is 0 Å². The number of hydrogen-bond acceptors (Lipinski definition) is 7. The summed E-state index contributed by atoms with van der Waals surface area (Å²) in [6.45, 7) is 3.17. The third-order valence-corrected chi connectivity index (χ3v) is 14.8. The lowest BCUT2D eigenvalue weighted by atomic mass is 9.82. The van der Waals surface area contributed by atoms with Crippen molar-refractivity contribution in [2.45, 2.75) is 95.4 Å². The molecule has 0 bridgehead atoms. The van der Waals surface area contributed by atoms with E-state index in [1.807, 2.05) is 17.0 Å². The van der Waals surface area contributed by atoms with E-state index in [1.54, 1.807) is 45.0 Å². The Bertz CT molecular complexity index is 2540. The predicted molar refractivity (Wildman–Crippen MR) is 243 cm³/mol. The summed E-state index contributed by atoms with van der Waals surface area (Å²) >= 11 is 0. The maximum Gasteiger partial charge on any atom is 0.272 e. The van der Waals surface area contributed by atoms with Gasteiger partial charge in [0, 0.05) is 82.4 Å². The molecular formula is C51H59F2N7O6. The molecule has 4 aromatic rings. The van der Waals surface area contributed by atoms with Gasteiger partial charge in [-0.3, -0.25) is 28.8 Å². The van der Waals surface area contributed by atoms with Gasteiger partial charge in [-0.1, -0.05) is 55.7 Å². The number of likely N-dealkylation sites (tertiary alicyclic amines) is 2. The number of aromatic amines is 1. The van der Waals surface area contributed by atoms with Gasteiger partial charge in [0.1, 0.15) is 17.7 Å². The number of nitrogens with zero attached hydrogens (tertiary/aromatic N) is 5. The Morgan fingerprint density at radius 1 is 0.712 bits per heavy atom. The smallest absolute Gasteiger partial charge is 0.272 e. The molecule has 15 heteroatoms. The number of H-pyrrole nitrogens is 1. The molecule has 4 heterocycles. The molecule has 348 valence electrons. The molecule has 5 aliphatic rings. The number of fused-ring (bicyclic) bond motifs is 1. The van der Waals surface area contributed by atoms with Crippen molar-refractivity contribution in [2.75, 3.05) is 52.4 Å². The number of nitrogens with one attached hydrogen (secondary N) is 2. The Hall–Kier alpha value is -5.99. The van der Waals surface area contributed by atoms with E-state index in [0.717, 1.165) is 57.8 Å². The number of aromatic nitrogens is 2. The van der Waals surface area contributed by atoms with Crippen LogP contribution < -0.4 is 10.9 Å². The minimum absolute atomic E-state index is 0.0206. The number of benzene rings is 3. The lowest BCUT2D eigenvalue weighted by molar-refractivity contribution is -0.137. The molecular weight excluding hydrogens is 845 g/mol. The van der Waals surface area contributed by atoms with E-state index < -0.39 is 29.5 Å². The summed E-state index contributed by atoms with van der Waals surface area (Å²) in [5.74, 6) is -2.42. The van der Waals surface area contributed by atoms with E-state index in [1.165, 1.54) is 18.2 Å². The molecule has 1 aromatic heterocycles. The van der Waals surface area contributed by atoms with Gasteiger partial charge in [0.25, 0.3) is 17.4 Å². The molecule has 2 N–H and O–H groups in total. The second-order valence-electron chi connectivity index (χ2n) is 19.1. The first-order valence-electron chi connectivity index (χ1n) is 24.0. The summed E-state index contributed by atoms with van der Waals surface area (Å²) in [5.41, 5.74) is 1.27. The Balaban J connectivity index is 0.772. The lowest BCUT2D eigenvalue weighted by Gasteiger charge is -2.38. The first-order valence-corrected chi connectivity index (χ1v) is 24.0. The number of piperazine rings is 1. The fraction of sp³-hybridized carbons (Fsp3) is 0.510. The molecule has 9 rings (SSSR count). The van der Waals surface area contributed by atoms with Gasteiger partial charge in [-0.25, -0.2) is 13.9 Å². The highest BCUT2D eigenvalue weighted by Crippen LogP contribution is 2.36. The SMILES string of the molecule is O=C(N[C@@H](C(=O)N1CCC(CC(=O)N2CCN(C(=O)c3cc(Cc4n[nH]c(=O)c5ccccc45)ccc3F)CC2)CC1)C1CCCCC1)c1cccc(C2CCCN(C(=O)C3CC3)C2)c1F. The zero-order valence-electron chi connectivity index (χ0n) is 37.5. The van der Waals surface area contributed by atoms with Gasteiger partial charge in [-0.2, -0.15) is 5.10 Å². The van der Waals surface area contributed by atoms with Crippen molar-refractivity contribution in [2.24, 2.45) is 17.8 Å². The molecule has 3 aliphatic heterocycles. The van der Waals surface area contributed by atoms with Crippen LogP contribution in [0.15, 0.2) is 65.5 Å². The van der Waals surface area contributed by atoms with Crippen LogP contribution >= 0.6 is 0 Å². The molecule has 2 aliphatic carbocycles. The first-order chi connectivity index (χ1) is 32.0. The fourth-order valence-electron chi connectivity index (χ4n) is 10.7. The topological polar surface area (TPSA) is 156 Å².